The Morgan fingerprint density at radius 2 is 1.93 bits per heavy atom. The number of amides is 2. The third-order valence-corrected chi connectivity index (χ3v) is 4.91. The lowest BCUT2D eigenvalue weighted by Gasteiger charge is -2.18. The summed E-state index contributed by atoms with van der Waals surface area (Å²) >= 11 is 0. The molecule has 28 heavy (non-hydrogen) atoms. The molecule has 1 aliphatic rings. The van der Waals surface area contributed by atoms with Crippen LogP contribution in [0.15, 0.2) is 48.5 Å². The number of anilines is 1. The molecule has 0 saturated carbocycles. The molecule has 1 atom stereocenters. The van der Waals surface area contributed by atoms with Gasteiger partial charge in [-0.15, -0.1) is 0 Å². The number of nitrogens with one attached hydrogen (secondary N) is 1. The lowest BCUT2D eigenvalue weighted by Crippen LogP contribution is -2.37. The predicted molar refractivity (Wildman–Crippen MR) is 111 cm³/mol. The van der Waals surface area contributed by atoms with Crippen molar-refractivity contribution in [3.63, 3.8) is 0 Å². The number of carbonyl (C=O) groups is 2. The molecule has 0 unspecified atom stereocenters. The quantitative estimate of drug-likeness (QED) is 0.669. The first-order valence-electron chi connectivity index (χ1n) is 9.99. The molecule has 0 aliphatic carbocycles. The summed E-state index contributed by atoms with van der Waals surface area (Å²) in [4.78, 5) is 26.4. The first-order valence-corrected chi connectivity index (χ1v) is 9.99. The van der Waals surface area contributed by atoms with Crippen molar-refractivity contribution >= 4 is 17.5 Å². The van der Waals surface area contributed by atoms with Crippen molar-refractivity contribution in [1.29, 1.82) is 0 Å². The number of nitrogens with zero attached hydrogens (tertiary/aromatic N) is 1. The zero-order valence-electron chi connectivity index (χ0n) is 16.6. The highest BCUT2D eigenvalue weighted by atomic mass is 16.5. The van der Waals surface area contributed by atoms with E-state index in [9.17, 15) is 9.59 Å². The summed E-state index contributed by atoms with van der Waals surface area (Å²) in [5, 5.41) is 2.82. The van der Waals surface area contributed by atoms with Crippen molar-refractivity contribution in [2.24, 2.45) is 0 Å². The maximum absolute atomic E-state index is 13.0. The van der Waals surface area contributed by atoms with Crippen molar-refractivity contribution in [3.05, 3.63) is 59.7 Å². The number of unbranched alkanes of at least 4 members (excludes halogenated alkanes) is 1. The van der Waals surface area contributed by atoms with Gasteiger partial charge in [0.15, 0.2) is 0 Å². The first-order chi connectivity index (χ1) is 13.6. The van der Waals surface area contributed by atoms with E-state index < -0.39 is 6.04 Å². The topological polar surface area (TPSA) is 58.6 Å². The zero-order valence-corrected chi connectivity index (χ0v) is 16.6. The molecule has 0 saturated heterocycles. The Labute approximate surface area is 166 Å². The summed E-state index contributed by atoms with van der Waals surface area (Å²) in [5.41, 5.74) is 3.00. The minimum Gasteiger partial charge on any atom is -0.494 e. The van der Waals surface area contributed by atoms with Gasteiger partial charge in [-0.2, -0.15) is 0 Å². The van der Waals surface area contributed by atoms with Crippen molar-refractivity contribution in [2.75, 3.05) is 18.1 Å². The van der Waals surface area contributed by atoms with E-state index in [0.29, 0.717) is 19.6 Å². The van der Waals surface area contributed by atoms with Crippen LogP contribution in [0.2, 0.25) is 0 Å². The van der Waals surface area contributed by atoms with Crippen molar-refractivity contribution < 1.29 is 14.3 Å². The van der Waals surface area contributed by atoms with Gasteiger partial charge in [0.1, 0.15) is 11.8 Å². The minimum absolute atomic E-state index is 0.0717. The fourth-order valence-corrected chi connectivity index (χ4v) is 3.53. The van der Waals surface area contributed by atoms with Crippen LogP contribution in [-0.2, 0) is 16.0 Å². The highest BCUT2D eigenvalue weighted by Gasteiger charge is 2.37. The molecule has 148 valence electrons. The van der Waals surface area contributed by atoms with Crippen LogP contribution < -0.4 is 15.0 Å². The van der Waals surface area contributed by atoms with Crippen LogP contribution in [0.25, 0.3) is 0 Å². The van der Waals surface area contributed by atoms with E-state index in [1.165, 1.54) is 12.5 Å². The fourth-order valence-electron chi connectivity index (χ4n) is 3.53. The number of hydrogen-bond donors (Lipinski definition) is 1. The lowest BCUT2D eigenvalue weighted by molar-refractivity contribution is -0.126. The molecule has 5 nitrogen and oxygen atoms in total. The Morgan fingerprint density at radius 1 is 1.14 bits per heavy atom. The van der Waals surface area contributed by atoms with Crippen LogP contribution >= 0.6 is 0 Å². The molecule has 2 amide bonds. The Kier molecular flexibility index (Phi) is 6.69. The summed E-state index contributed by atoms with van der Waals surface area (Å²) in [5.74, 6) is 0.558. The molecule has 0 spiro atoms. The first kappa shape index (κ1) is 19.9. The van der Waals surface area contributed by atoms with E-state index in [0.717, 1.165) is 36.3 Å². The maximum atomic E-state index is 13.0. The molecule has 1 heterocycles. The minimum atomic E-state index is -0.593. The summed E-state index contributed by atoms with van der Waals surface area (Å²) in [6.07, 6.45) is 3.93. The van der Waals surface area contributed by atoms with Gasteiger partial charge in [-0.3, -0.25) is 9.59 Å². The Hall–Kier alpha value is -2.82. The van der Waals surface area contributed by atoms with Gasteiger partial charge in [-0.05, 0) is 43.0 Å². The number of para-hydroxylation sites is 1. The molecule has 5 heteroatoms. The number of benzene rings is 2. The molecule has 0 bridgehead atoms. The number of rotatable bonds is 9. The van der Waals surface area contributed by atoms with Gasteiger partial charge in [0.25, 0.3) is 5.91 Å². The number of ether oxygens (including phenoxy) is 1. The van der Waals surface area contributed by atoms with Gasteiger partial charge in [-0.25, -0.2) is 0 Å². The van der Waals surface area contributed by atoms with E-state index in [1.54, 1.807) is 4.90 Å². The van der Waals surface area contributed by atoms with Crippen LogP contribution in [0, 0.1) is 0 Å². The van der Waals surface area contributed by atoms with Crippen LogP contribution in [0.4, 0.5) is 5.69 Å². The second-order valence-electron chi connectivity index (χ2n) is 7.14. The standard InChI is InChI=1S/C23H28N2O3/c1-3-4-9-18-12-13-21-20(16-18)22(24-17(2)26)23(27)25(21)14-8-15-28-19-10-6-5-7-11-19/h5-7,10-13,16,22H,3-4,8-9,14-15H2,1-2H3,(H,24,26)/t22-/m0/s1. The zero-order chi connectivity index (χ0) is 19.9. The third-order valence-electron chi connectivity index (χ3n) is 4.91. The average Bonchev–Trinajstić information content (AvgIpc) is 2.95. The van der Waals surface area contributed by atoms with Gasteiger partial charge >= 0.3 is 0 Å². The molecule has 1 N–H and O–H groups in total. The SMILES string of the molecule is CCCCc1ccc2c(c1)[C@H](NC(C)=O)C(=O)N2CCCOc1ccccc1. The van der Waals surface area contributed by atoms with Gasteiger partial charge in [0.2, 0.25) is 5.91 Å². The third kappa shape index (κ3) is 4.71. The fraction of sp³-hybridized carbons (Fsp3) is 0.391. The van der Waals surface area contributed by atoms with Crippen LogP contribution in [0.1, 0.15) is 50.3 Å². The van der Waals surface area contributed by atoms with Crippen molar-refractivity contribution in [3.8, 4) is 5.75 Å². The van der Waals surface area contributed by atoms with Gasteiger partial charge in [0.05, 0.1) is 6.61 Å². The van der Waals surface area contributed by atoms with Crippen LogP contribution in [0.5, 0.6) is 5.75 Å². The highest BCUT2D eigenvalue weighted by Crippen LogP contribution is 2.37. The summed E-state index contributed by atoms with van der Waals surface area (Å²) in [7, 11) is 0. The van der Waals surface area contributed by atoms with Gasteiger partial charge < -0.3 is 15.0 Å². The number of aryl methyl sites for hydroxylation is 1. The number of carbonyl (C=O) groups excluding carboxylic acids is 2. The molecule has 2 aromatic rings. The number of hydrogen-bond acceptors (Lipinski definition) is 3. The summed E-state index contributed by atoms with van der Waals surface area (Å²) in [6, 6.07) is 15.2. The lowest BCUT2D eigenvalue weighted by atomic mass is 10.0. The highest BCUT2D eigenvalue weighted by molar-refractivity contribution is 6.06. The number of fused-ring (bicyclic) bond motifs is 1. The largest absolute Gasteiger partial charge is 0.494 e. The maximum Gasteiger partial charge on any atom is 0.254 e. The predicted octanol–water partition coefficient (Wildman–Crippen LogP) is 4.02. The van der Waals surface area contributed by atoms with Gasteiger partial charge in [0, 0.05) is 24.7 Å². The summed E-state index contributed by atoms with van der Waals surface area (Å²) < 4.78 is 5.74. The summed E-state index contributed by atoms with van der Waals surface area (Å²) in [6.45, 7) is 4.70. The molecule has 2 aromatic carbocycles. The molecule has 0 fully saturated rings. The Balaban J connectivity index is 1.69. The molecule has 1 aliphatic heterocycles. The van der Waals surface area contributed by atoms with Gasteiger partial charge in [-0.1, -0.05) is 43.7 Å². The van der Waals surface area contributed by atoms with E-state index in [2.05, 4.69) is 24.4 Å². The van der Waals surface area contributed by atoms with E-state index in [-0.39, 0.29) is 11.8 Å². The van der Waals surface area contributed by atoms with E-state index in [4.69, 9.17) is 4.74 Å². The normalized spacial score (nSPS) is 15.4. The average molecular weight is 380 g/mol. The van der Waals surface area contributed by atoms with Crippen LogP contribution in [-0.4, -0.2) is 25.0 Å². The van der Waals surface area contributed by atoms with Crippen molar-refractivity contribution in [1.82, 2.24) is 5.32 Å². The Bertz CT molecular complexity index is 820. The second kappa shape index (κ2) is 9.40. The molecule has 0 aromatic heterocycles. The van der Waals surface area contributed by atoms with E-state index >= 15 is 0 Å². The van der Waals surface area contributed by atoms with Crippen LogP contribution in [0.3, 0.4) is 0 Å². The molecular weight excluding hydrogens is 352 g/mol. The Morgan fingerprint density at radius 3 is 2.64 bits per heavy atom. The molecular formula is C23H28N2O3. The van der Waals surface area contributed by atoms with Crippen molar-refractivity contribution in [2.45, 2.75) is 45.6 Å². The second-order valence-corrected chi connectivity index (χ2v) is 7.14. The molecule has 0 radical (unpaired) electrons. The van der Waals surface area contributed by atoms with E-state index in [1.807, 2.05) is 36.4 Å². The molecule has 3 rings (SSSR count). The monoisotopic (exact) mass is 380 g/mol. The smallest absolute Gasteiger partial charge is 0.254 e.